The van der Waals surface area contributed by atoms with Gasteiger partial charge in [-0.1, -0.05) is 0 Å². The molecule has 3 aromatic rings. The summed E-state index contributed by atoms with van der Waals surface area (Å²) in [5.41, 5.74) is 3.16. The van der Waals surface area contributed by atoms with Crippen molar-refractivity contribution in [2.75, 3.05) is 26.2 Å². The van der Waals surface area contributed by atoms with Gasteiger partial charge in [0.2, 0.25) is 5.91 Å². The van der Waals surface area contributed by atoms with Crippen LogP contribution >= 0.6 is 11.3 Å². The van der Waals surface area contributed by atoms with Gasteiger partial charge in [0.25, 0.3) is 11.9 Å². The quantitative estimate of drug-likeness (QED) is 0.645. The molecule has 0 aromatic carbocycles. The largest absolute Gasteiger partial charge is 0.339 e. The Morgan fingerprint density at radius 1 is 1.07 bits per heavy atom. The zero-order valence-corrected chi connectivity index (χ0v) is 18.4. The van der Waals surface area contributed by atoms with Crippen LogP contribution in [0.15, 0.2) is 24.5 Å². The van der Waals surface area contributed by atoms with Crippen LogP contribution in [0, 0.1) is 20.8 Å². The minimum atomic E-state index is -0.0811. The molecular formula is C21H24N6O2S. The number of rotatable bonds is 3. The maximum atomic E-state index is 13.0. The first-order chi connectivity index (χ1) is 14.3. The number of nitrogens with zero attached hydrogens (tertiary/aromatic N) is 6. The summed E-state index contributed by atoms with van der Waals surface area (Å²) in [4.78, 5) is 39.5. The summed E-state index contributed by atoms with van der Waals surface area (Å²) in [6.45, 7) is 9.71. The molecule has 156 valence electrons. The van der Waals surface area contributed by atoms with Gasteiger partial charge in [0, 0.05) is 54.6 Å². The molecule has 0 bridgehead atoms. The predicted octanol–water partition coefficient (Wildman–Crippen LogP) is 2.62. The van der Waals surface area contributed by atoms with Gasteiger partial charge in [0.05, 0.1) is 23.1 Å². The molecule has 1 aliphatic rings. The highest BCUT2D eigenvalue weighted by atomic mass is 32.1. The van der Waals surface area contributed by atoms with E-state index in [9.17, 15) is 9.59 Å². The summed E-state index contributed by atoms with van der Waals surface area (Å²) in [6, 6.07) is 4.01. The lowest BCUT2D eigenvalue weighted by molar-refractivity contribution is -0.130. The van der Waals surface area contributed by atoms with Crippen LogP contribution in [0.4, 0.5) is 0 Å². The number of aromatic nitrogens is 4. The molecule has 0 unspecified atom stereocenters. The Balaban J connectivity index is 1.58. The van der Waals surface area contributed by atoms with Crippen molar-refractivity contribution in [1.82, 2.24) is 29.5 Å². The van der Waals surface area contributed by atoms with Gasteiger partial charge in [-0.2, -0.15) is 5.10 Å². The molecule has 9 heteroatoms. The number of hydrogen-bond acceptors (Lipinski definition) is 6. The van der Waals surface area contributed by atoms with Gasteiger partial charge in [-0.05, 0) is 32.9 Å². The SMILES string of the molecule is CC(=O)N1CCN(C(=O)c2cnn(-c3nccc(-c4cc(C)sc4C)n3)c2C)CC1. The van der Waals surface area contributed by atoms with Crippen molar-refractivity contribution in [2.24, 2.45) is 0 Å². The van der Waals surface area contributed by atoms with E-state index in [0.29, 0.717) is 43.4 Å². The molecule has 0 atom stereocenters. The van der Waals surface area contributed by atoms with Crippen LogP contribution in [0.1, 0.15) is 32.7 Å². The first-order valence-electron chi connectivity index (χ1n) is 9.85. The molecule has 0 N–H and O–H groups in total. The lowest BCUT2D eigenvalue weighted by Gasteiger charge is -2.34. The number of thiophene rings is 1. The van der Waals surface area contributed by atoms with Crippen LogP contribution in [0.5, 0.6) is 0 Å². The van der Waals surface area contributed by atoms with Gasteiger partial charge in [-0.3, -0.25) is 9.59 Å². The first-order valence-corrected chi connectivity index (χ1v) is 10.7. The standard InChI is InChI=1S/C21H24N6O2S/c1-13-11-17(15(3)30-13)19-5-6-22-21(24-19)27-14(2)18(12-23-27)20(29)26-9-7-25(8-10-26)16(4)28/h5-6,11-12H,7-10H2,1-4H3. The van der Waals surface area contributed by atoms with E-state index in [-0.39, 0.29) is 11.8 Å². The van der Waals surface area contributed by atoms with E-state index in [1.807, 2.05) is 13.0 Å². The smallest absolute Gasteiger partial charge is 0.257 e. The van der Waals surface area contributed by atoms with Gasteiger partial charge in [0.1, 0.15) is 0 Å². The van der Waals surface area contributed by atoms with Crippen LogP contribution in [0.25, 0.3) is 17.2 Å². The fourth-order valence-corrected chi connectivity index (χ4v) is 4.63. The van der Waals surface area contributed by atoms with E-state index >= 15 is 0 Å². The Labute approximate surface area is 179 Å². The molecule has 2 amide bonds. The summed E-state index contributed by atoms with van der Waals surface area (Å²) >= 11 is 1.74. The Bertz CT molecular complexity index is 1110. The zero-order chi connectivity index (χ0) is 21.4. The molecule has 0 saturated carbocycles. The number of aryl methyl sites for hydroxylation is 2. The topological polar surface area (TPSA) is 84.2 Å². The van der Waals surface area contributed by atoms with Crippen LogP contribution in [-0.2, 0) is 4.79 Å². The summed E-state index contributed by atoms with van der Waals surface area (Å²) < 4.78 is 1.61. The summed E-state index contributed by atoms with van der Waals surface area (Å²) in [7, 11) is 0. The first kappa shape index (κ1) is 20.2. The highest BCUT2D eigenvalue weighted by Crippen LogP contribution is 2.29. The lowest BCUT2D eigenvalue weighted by Crippen LogP contribution is -2.50. The maximum Gasteiger partial charge on any atom is 0.257 e. The van der Waals surface area contributed by atoms with Crippen molar-refractivity contribution in [3.05, 3.63) is 45.5 Å². The molecule has 0 radical (unpaired) electrons. The van der Waals surface area contributed by atoms with E-state index < -0.39 is 0 Å². The van der Waals surface area contributed by atoms with Crippen molar-refractivity contribution in [3.63, 3.8) is 0 Å². The normalized spacial score (nSPS) is 14.3. The number of piperazine rings is 1. The van der Waals surface area contributed by atoms with Gasteiger partial charge in [-0.15, -0.1) is 11.3 Å². The summed E-state index contributed by atoms with van der Waals surface area (Å²) in [6.07, 6.45) is 3.29. The second-order valence-electron chi connectivity index (χ2n) is 7.42. The van der Waals surface area contributed by atoms with Crippen molar-refractivity contribution >= 4 is 23.2 Å². The second-order valence-corrected chi connectivity index (χ2v) is 8.88. The molecule has 1 fully saturated rings. The molecule has 0 aliphatic carbocycles. The average Bonchev–Trinajstić information content (AvgIpc) is 3.29. The number of amides is 2. The molecule has 3 aromatic heterocycles. The Kier molecular flexibility index (Phi) is 5.38. The Morgan fingerprint density at radius 2 is 1.77 bits per heavy atom. The summed E-state index contributed by atoms with van der Waals surface area (Å²) in [5.74, 6) is 0.398. The molecule has 0 spiro atoms. The van der Waals surface area contributed by atoms with Crippen LogP contribution in [-0.4, -0.2) is 67.5 Å². The average molecular weight is 425 g/mol. The fraction of sp³-hybridized carbons (Fsp3) is 0.381. The minimum absolute atomic E-state index is 0.0409. The second kappa shape index (κ2) is 7.98. The molecular weight excluding hydrogens is 400 g/mol. The van der Waals surface area contributed by atoms with Gasteiger partial charge in [0.15, 0.2) is 0 Å². The minimum Gasteiger partial charge on any atom is -0.339 e. The molecule has 4 rings (SSSR count). The van der Waals surface area contributed by atoms with Crippen molar-refractivity contribution in [1.29, 1.82) is 0 Å². The van der Waals surface area contributed by atoms with Gasteiger partial charge in [-0.25, -0.2) is 14.6 Å². The van der Waals surface area contributed by atoms with E-state index in [1.165, 1.54) is 9.75 Å². The Morgan fingerprint density at radius 3 is 2.40 bits per heavy atom. The Hall–Kier alpha value is -3.07. The maximum absolute atomic E-state index is 13.0. The van der Waals surface area contributed by atoms with Crippen LogP contribution in [0.2, 0.25) is 0 Å². The van der Waals surface area contributed by atoms with Crippen molar-refractivity contribution < 1.29 is 9.59 Å². The lowest BCUT2D eigenvalue weighted by atomic mass is 10.2. The molecule has 1 saturated heterocycles. The van der Waals surface area contributed by atoms with E-state index in [2.05, 4.69) is 35.0 Å². The fourth-order valence-electron chi connectivity index (χ4n) is 3.70. The molecule has 1 aliphatic heterocycles. The van der Waals surface area contributed by atoms with E-state index in [1.54, 1.807) is 45.1 Å². The molecule has 8 nitrogen and oxygen atoms in total. The third-order valence-corrected chi connectivity index (χ3v) is 6.37. The molecule has 4 heterocycles. The van der Waals surface area contributed by atoms with Crippen molar-refractivity contribution in [3.8, 4) is 17.2 Å². The highest BCUT2D eigenvalue weighted by Gasteiger charge is 2.26. The van der Waals surface area contributed by atoms with Crippen LogP contribution < -0.4 is 0 Å². The number of carbonyl (C=O) groups is 2. The third-order valence-electron chi connectivity index (χ3n) is 5.40. The number of hydrogen-bond donors (Lipinski definition) is 0. The highest BCUT2D eigenvalue weighted by molar-refractivity contribution is 7.12. The summed E-state index contributed by atoms with van der Waals surface area (Å²) in [5, 5.41) is 4.39. The zero-order valence-electron chi connectivity index (χ0n) is 17.5. The van der Waals surface area contributed by atoms with Gasteiger partial charge >= 0.3 is 0 Å². The van der Waals surface area contributed by atoms with Crippen LogP contribution in [0.3, 0.4) is 0 Å². The van der Waals surface area contributed by atoms with E-state index in [4.69, 9.17) is 0 Å². The monoisotopic (exact) mass is 424 g/mol. The third kappa shape index (κ3) is 3.72. The van der Waals surface area contributed by atoms with E-state index in [0.717, 1.165) is 11.3 Å². The number of carbonyl (C=O) groups excluding carboxylic acids is 2. The van der Waals surface area contributed by atoms with Gasteiger partial charge < -0.3 is 9.80 Å². The van der Waals surface area contributed by atoms with Crippen molar-refractivity contribution in [2.45, 2.75) is 27.7 Å². The molecule has 30 heavy (non-hydrogen) atoms. The predicted molar refractivity (Wildman–Crippen MR) is 115 cm³/mol.